The van der Waals surface area contributed by atoms with E-state index in [1.807, 2.05) is 48.0 Å². The molecule has 300 valence electrons. The summed E-state index contributed by atoms with van der Waals surface area (Å²) in [6.45, 7) is 4.48. The lowest BCUT2D eigenvalue weighted by atomic mass is 10.1. The van der Waals surface area contributed by atoms with E-state index < -0.39 is 5.91 Å². The molecule has 0 aliphatic carbocycles. The van der Waals surface area contributed by atoms with Crippen molar-refractivity contribution in [3.05, 3.63) is 94.2 Å². The smallest absolute Gasteiger partial charge is 0.291 e. The fraction of sp³-hybridized carbons (Fsp3) is 0.310. The fourth-order valence-electron chi connectivity index (χ4n) is 6.78. The average Bonchev–Trinajstić information content (AvgIpc) is 3.93. The molecule has 0 radical (unpaired) electrons. The summed E-state index contributed by atoms with van der Waals surface area (Å²) in [5.74, 6) is 0.323. The summed E-state index contributed by atoms with van der Waals surface area (Å²) in [6, 6.07) is 18.2. The number of anilines is 3. The third-order valence-electron chi connectivity index (χ3n) is 9.73. The van der Waals surface area contributed by atoms with Crippen molar-refractivity contribution < 1.29 is 28.7 Å². The molecule has 0 saturated heterocycles. The van der Waals surface area contributed by atoms with Crippen LogP contribution in [0.15, 0.2) is 77.2 Å². The van der Waals surface area contributed by atoms with Gasteiger partial charge in [0.05, 0.1) is 36.7 Å². The quantitative estimate of drug-likeness (QED) is 0.0560. The van der Waals surface area contributed by atoms with Gasteiger partial charge in [0.1, 0.15) is 0 Å². The molecule has 2 aliphatic rings. The Morgan fingerprint density at radius 2 is 1.81 bits per heavy atom. The number of hydrogen-bond donors (Lipinski definition) is 2. The number of aromatic nitrogens is 3. The van der Waals surface area contributed by atoms with Gasteiger partial charge in [-0.15, -0.1) is 11.3 Å². The first-order chi connectivity index (χ1) is 27.9. The number of hydrogen-bond acceptors (Lipinski definition) is 12. The molecule has 5 aromatic rings. The minimum atomic E-state index is -0.445. The molecule has 0 spiro atoms. The molecule has 2 aromatic heterocycles. The van der Waals surface area contributed by atoms with Crippen LogP contribution in [0.1, 0.15) is 75.9 Å². The second-order valence-electron chi connectivity index (χ2n) is 14.4. The number of imidazole rings is 1. The molecule has 7 rings (SSSR count). The van der Waals surface area contributed by atoms with Crippen LogP contribution in [-0.4, -0.2) is 75.0 Å². The van der Waals surface area contributed by atoms with Gasteiger partial charge in [0.15, 0.2) is 28.1 Å². The predicted octanol–water partition coefficient (Wildman–Crippen LogP) is 8.64. The van der Waals surface area contributed by atoms with E-state index in [-0.39, 0.29) is 53.1 Å². The Hall–Kier alpha value is -5.45. The molecule has 3 amide bonds. The number of thiazole rings is 1. The van der Waals surface area contributed by atoms with E-state index in [2.05, 4.69) is 39.4 Å². The Labute approximate surface area is 348 Å². The summed E-state index contributed by atoms with van der Waals surface area (Å²) in [5.41, 5.74) is 4.99. The maximum absolute atomic E-state index is 13.7. The van der Waals surface area contributed by atoms with Gasteiger partial charge < -0.3 is 24.7 Å². The van der Waals surface area contributed by atoms with Crippen molar-refractivity contribution in [1.29, 1.82) is 0 Å². The maximum atomic E-state index is 13.7. The lowest BCUT2D eigenvalue weighted by molar-refractivity contribution is -0.116. The molecule has 0 unspecified atom stereocenters. The number of carbonyl (C=O) groups excluding carboxylic acids is 4. The molecule has 2 aliphatic heterocycles. The highest BCUT2D eigenvalue weighted by atomic mass is 33.1. The number of aliphatic imine (C=N–C) groups is 1. The number of ketones is 1. The Kier molecular flexibility index (Phi) is 12.4. The molecule has 3 aromatic carbocycles. The topological polar surface area (TPSA) is 157 Å². The molecule has 13 nitrogen and oxygen atoms in total. The predicted molar refractivity (Wildman–Crippen MR) is 233 cm³/mol. The van der Waals surface area contributed by atoms with Crippen molar-refractivity contribution >= 4 is 85.5 Å². The molecule has 0 saturated carbocycles. The van der Waals surface area contributed by atoms with Crippen molar-refractivity contribution in [2.45, 2.75) is 56.7 Å². The van der Waals surface area contributed by atoms with Crippen LogP contribution in [0.2, 0.25) is 0 Å². The Balaban J connectivity index is 0.888. The number of methoxy groups -OCH3 is 1. The Bertz CT molecular complexity index is 2390. The summed E-state index contributed by atoms with van der Waals surface area (Å²) in [7, 11) is 6.65. The van der Waals surface area contributed by atoms with Gasteiger partial charge in [0.25, 0.3) is 11.8 Å². The number of nitrogens with zero attached hydrogens (tertiary/aromatic N) is 5. The summed E-state index contributed by atoms with van der Waals surface area (Å²) in [6.07, 6.45) is 7.83. The number of para-hydroxylation sites is 1. The molecule has 16 heteroatoms. The van der Waals surface area contributed by atoms with Crippen LogP contribution in [0.5, 0.6) is 11.5 Å². The third kappa shape index (κ3) is 9.14. The number of aryl methyl sites for hydroxylation is 1. The fourth-order valence-corrected chi connectivity index (χ4v) is 9.82. The van der Waals surface area contributed by atoms with E-state index >= 15 is 0 Å². The number of fused-ring (bicyclic) bond motifs is 4. The van der Waals surface area contributed by atoms with Crippen LogP contribution < -0.4 is 25.0 Å². The highest BCUT2D eigenvalue weighted by molar-refractivity contribution is 8.76. The van der Waals surface area contributed by atoms with E-state index in [1.54, 1.807) is 70.2 Å². The van der Waals surface area contributed by atoms with Gasteiger partial charge in [-0.2, -0.15) is 0 Å². The van der Waals surface area contributed by atoms with Gasteiger partial charge in [-0.05, 0) is 62.8 Å². The lowest BCUT2D eigenvalue weighted by Gasteiger charge is -2.22. The van der Waals surface area contributed by atoms with Gasteiger partial charge in [-0.1, -0.05) is 51.9 Å². The van der Waals surface area contributed by atoms with Gasteiger partial charge in [0, 0.05) is 71.9 Å². The van der Waals surface area contributed by atoms with E-state index in [0.717, 1.165) is 23.2 Å². The van der Waals surface area contributed by atoms with Gasteiger partial charge in [0.2, 0.25) is 11.7 Å². The number of rotatable bonds is 16. The average molecular weight is 838 g/mol. The molecule has 2 N–H and O–H groups in total. The second kappa shape index (κ2) is 17.6. The van der Waals surface area contributed by atoms with Crippen LogP contribution in [0.3, 0.4) is 0 Å². The van der Waals surface area contributed by atoms with Crippen molar-refractivity contribution in [2.24, 2.45) is 12.0 Å². The lowest BCUT2D eigenvalue weighted by Crippen LogP contribution is -2.37. The number of carbonyl (C=O) groups is 4. The molecule has 0 fully saturated rings. The summed E-state index contributed by atoms with van der Waals surface area (Å²) >= 11 is 1.34. The van der Waals surface area contributed by atoms with E-state index in [1.165, 1.54) is 23.0 Å². The van der Waals surface area contributed by atoms with Crippen molar-refractivity contribution in [3.8, 4) is 22.8 Å². The highest BCUT2D eigenvalue weighted by Crippen LogP contribution is 2.41. The standard InChI is InChI=1S/C42H43N7O6S3/c1-42(2,58-56-5)17-16-33(50)40-45-31(24-57-40)25-12-14-27(15-13-25)44-39(52)38-47-36(23-48(38)3)46-37(51)11-8-18-55-35-21-30-29(20-34(35)54-4)41(53)49-28(22-43-30)19-26-9-6-7-10-32(26)49/h6-7,9-10,12-15,20-24,28H,8,11,16-19H2,1-5H3,(H,44,52)(H,46,51)/t28-/m0/s1. The number of nitrogens with one attached hydrogen (secondary N) is 2. The highest BCUT2D eigenvalue weighted by Gasteiger charge is 2.36. The third-order valence-corrected chi connectivity index (χ3v) is 13.3. The van der Waals surface area contributed by atoms with Crippen LogP contribution in [0.4, 0.5) is 22.9 Å². The number of Topliss-reactive ketones (excluding diaryl/α,β-unsaturated/α-hetero) is 1. The molecule has 58 heavy (non-hydrogen) atoms. The number of amides is 3. The Morgan fingerprint density at radius 3 is 2.59 bits per heavy atom. The zero-order chi connectivity index (χ0) is 41.0. The normalized spacial score (nSPS) is 14.3. The van der Waals surface area contributed by atoms with Crippen LogP contribution in [0.25, 0.3) is 11.3 Å². The number of ether oxygens (including phenoxy) is 2. The van der Waals surface area contributed by atoms with E-state index in [0.29, 0.717) is 58.4 Å². The first-order valence-corrected chi connectivity index (χ1v) is 22.1. The summed E-state index contributed by atoms with van der Waals surface area (Å²) in [4.78, 5) is 67.8. The SMILES string of the molecule is COc1cc2c(cc1OCCCC(=O)Nc1cn(C)c(C(=O)Nc3ccc(-c4csc(C(=O)CCC(C)(C)SSC)n4)cc3)n1)N=C[C@@H]1Cc3ccccc3N1C2=O. The van der Waals surface area contributed by atoms with Gasteiger partial charge in [-0.25, -0.2) is 9.97 Å². The zero-order valence-electron chi connectivity index (χ0n) is 32.7. The van der Waals surface area contributed by atoms with Crippen molar-refractivity contribution in [2.75, 3.05) is 35.5 Å². The first kappa shape index (κ1) is 40.7. The maximum Gasteiger partial charge on any atom is 0.291 e. The molecular formula is C42H43N7O6S3. The minimum Gasteiger partial charge on any atom is -0.493 e. The van der Waals surface area contributed by atoms with Gasteiger partial charge in [-0.3, -0.25) is 29.1 Å². The second-order valence-corrected chi connectivity index (χ2v) is 18.4. The van der Waals surface area contributed by atoms with E-state index in [4.69, 9.17) is 9.47 Å². The van der Waals surface area contributed by atoms with Crippen molar-refractivity contribution in [3.63, 3.8) is 0 Å². The molecular weight excluding hydrogens is 795 g/mol. The number of benzene rings is 3. The zero-order valence-corrected chi connectivity index (χ0v) is 35.2. The largest absolute Gasteiger partial charge is 0.493 e. The summed E-state index contributed by atoms with van der Waals surface area (Å²) < 4.78 is 13.1. The monoisotopic (exact) mass is 837 g/mol. The van der Waals surface area contributed by atoms with Crippen LogP contribution >= 0.6 is 32.9 Å². The van der Waals surface area contributed by atoms with E-state index in [9.17, 15) is 19.2 Å². The van der Waals surface area contributed by atoms with Gasteiger partial charge >= 0.3 is 0 Å². The minimum absolute atomic E-state index is 0.00614. The van der Waals surface area contributed by atoms with Crippen molar-refractivity contribution in [1.82, 2.24) is 14.5 Å². The Morgan fingerprint density at radius 1 is 1.02 bits per heavy atom. The van der Waals surface area contributed by atoms with Crippen LogP contribution in [-0.2, 0) is 18.3 Å². The van der Waals surface area contributed by atoms with Crippen LogP contribution in [0, 0.1) is 0 Å². The molecule has 4 heterocycles. The molecule has 0 bridgehead atoms. The summed E-state index contributed by atoms with van der Waals surface area (Å²) in [5, 5.41) is 7.96. The molecule has 1 atom stereocenters. The first-order valence-electron chi connectivity index (χ1n) is 18.7.